The molecule has 1 aromatic carbocycles. The molecule has 0 fully saturated rings. The van der Waals surface area contributed by atoms with Crippen LogP contribution in [-0.2, 0) is 4.79 Å². The molecule has 0 heterocycles. The molecule has 1 aromatic rings. The van der Waals surface area contributed by atoms with Crippen LogP contribution >= 0.6 is 11.8 Å². The van der Waals surface area contributed by atoms with E-state index < -0.39 is 5.91 Å². The molecule has 0 radical (unpaired) electrons. The number of anilines is 1. The number of nitrogens with zero attached hydrogens (tertiary/aromatic N) is 1. The Bertz CT molecular complexity index is 448. The van der Waals surface area contributed by atoms with Crippen LogP contribution in [0.5, 0.6) is 0 Å². The SMILES string of the molecule is CSC(Nc1ccccc1)=C(C#N)C(N)=O. The molecule has 82 valence electrons. The van der Waals surface area contributed by atoms with E-state index in [0.717, 1.165) is 5.69 Å². The van der Waals surface area contributed by atoms with E-state index in [1.54, 1.807) is 12.3 Å². The largest absolute Gasteiger partial charge is 0.365 e. The van der Waals surface area contributed by atoms with E-state index >= 15 is 0 Å². The lowest BCUT2D eigenvalue weighted by Gasteiger charge is -2.09. The standard InChI is InChI=1S/C11H11N3OS/c1-16-11(9(7-12)10(13)15)14-8-5-3-2-4-6-8/h2-6,14H,1H3,(H2,13,15). The van der Waals surface area contributed by atoms with Crippen LogP contribution < -0.4 is 11.1 Å². The lowest BCUT2D eigenvalue weighted by atomic mass is 10.3. The lowest BCUT2D eigenvalue weighted by Crippen LogP contribution is -2.16. The molecule has 0 aliphatic carbocycles. The number of amides is 1. The Kier molecular flexibility index (Phi) is 4.42. The molecule has 0 aromatic heterocycles. The van der Waals surface area contributed by atoms with E-state index in [1.807, 2.05) is 30.3 Å². The Balaban J connectivity index is 3.01. The number of primary amides is 1. The maximum atomic E-state index is 11.0. The van der Waals surface area contributed by atoms with Crippen molar-refractivity contribution in [3.63, 3.8) is 0 Å². The maximum Gasteiger partial charge on any atom is 0.262 e. The van der Waals surface area contributed by atoms with Crippen molar-refractivity contribution < 1.29 is 4.79 Å². The summed E-state index contributed by atoms with van der Waals surface area (Å²) in [4.78, 5) is 11.0. The van der Waals surface area contributed by atoms with Crippen LogP contribution in [-0.4, -0.2) is 12.2 Å². The Morgan fingerprint density at radius 2 is 2.06 bits per heavy atom. The number of nitrogens with two attached hydrogens (primary N) is 1. The summed E-state index contributed by atoms with van der Waals surface area (Å²) in [6, 6.07) is 11.1. The third-order valence-corrected chi connectivity index (χ3v) is 2.54. The molecule has 0 saturated heterocycles. The molecule has 4 nitrogen and oxygen atoms in total. The number of rotatable bonds is 4. The highest BCUT2D eigenvalue weighted by Gasteiger charge is 2.11. The van der Waals surface area contributed by atoms with Crippen molar-refractivity contribution in [3.8, 4) is 6.07 Å². The normalized spacial score (nSPS) is 11.2. The number of nitrogens with one attached hydrogen (secondary N) is 1. The van der Waals surface area contributed by atoms with E-state index in [9.17, 15) is 4.79 Å². The van der Waals surface area contributed by atoms with Gasteiger partial charge in [0.1, 0.15) is 11.6 Å². The molecule has 0 spiro atoms. The van der Waals surface area contributed by atoms with E-state index in [-0.39, 0.29) is 5.57 Å². The van der Waals surface area contributed by atoms with Gasteiger partial charge in [0.15, 0.2) is 0 Å². The van der Waals surface area contributed by atoms with Crippen molar-refractivity contribution in [2.75, 3.05) is 11.6 Å². The van der Waals surface area contributed by atoms with Crippen LogP contribution in [0, 0.1) is 11.3 Å². The molecule has 1 rings (SSSR count). The molecule has 0 unspecified atom stereocenters. The highest BCUT2D eigenvalue weighted by Crippen LogP contribution is 2.19. The second-order valence-corrected chi connectivity index (χ2v) is 3.69. The summed E-state index contributed by atoms with van der Waals surface area (Å²) in [5.74, 6) is -0.727. The van der Waals surface area contributed by atoms with Crippen molar-refractivity contribution in [2.24, 2.45) is 5.73 Å². The summed E-state index contributed by atoms with van der Waals surface area (Å²) in [6.07, 6.45) is 1.77. The Morgan fingerprint density at radius 1 is 1.44 bits per heavy atom. The number of carbonyl (C=O) groups excluding carboxylic acids is 1. The van der Waals surface area contributed by atoms with Crippen molar-refractivity contribution in [2.45, 2.75) is 0 Å². The van der Waals surface area contributed by atoms with Crippen molar-refractivity contribution in [1.29, 1.82) is 5.26 Å². The molecular formula is C11H11N3OS. The summed E-state index contributed by atoms with van der Waals surface area (Å²) in [5.41, 5.74) is 5.85. The van der Waals surface area contributed by atoms with E-state index in [0.29, 0.717) is 5.03 Å². The molecule has 5 heteroatoms. The molecule has 0 aliphatic rings. The number of thioether (sulfide) groups is 1. The van der Waals surface area contributed by atoms with Gasteiger partial charge in [-0.3, -0.25) is 4.79 Å². The summed E-state index contributed by atoms with van der Waals surface area (Å²) >= 11 is 1.27. The smallest absolute Gasteiger partial charge is 0.262 e. The highest BCUT2D eigenvalue weighted by atomic mass is 32.2. The minimum Gasteiger partial charge on any atom is -0.365 e. The third kappa shape index (κ3) is 3.04. The lowest BCUT2D eigenvalue weighted by molar-refractivity contribution is -0.114. The topological polar surface area (TPSA) is 78.9 Å². The zero-order valence-corrected chi connectivity index (χ0v) is 9.54. The monoisotopic (exact) mass is 233 g/mol. The van der Waals surface area contributed by atoms with Gasteiger partial charge in [-0.2, -0.15) is 5.26 Å². The Morgan fingerprint density at radius 3 is 2.50 bits per heavy atom. The fraction of sp³-hybridized carbons (Fsp3) is 0.0909. The number of hydrogen-bond acceptors (Lipinski definition) is 4. The third-order valence-electron chi connectivity index (χ3n) is 1.82. The van der Waals surface area contributed by atoms with Gasteiger partial charge in [-0.05, 0) is 18.4 Å². The number of nitriles is 1. The van der Waals surface area contributed by atoms with Crippen molar-refractivity contribution in [1.82, 2.24) is 0 Å². The molecular weight excluding hydrogens is 222 g/mol. The number of benzene rings is 1. The van der Waals surface area contributed by atoms with Gasteiger partial charge < -0.3 is 11.1 Å². The number of para-hydroxylation sites is 1. The molecule has 0 bridgehead atoms. The van der Waals surface area contributed by atoms with Crippen LogP contribution in [0.2, 0.25) is 0 Å². The van der Waals surface area contributed by atoms with Gasteiger partial charge in [-0.25, -0.2) is 0 Å². The molecule has 3 N–H and O–H groups in total. The quantitative estimate of drug-likeness (QED) is 0.612. The summed E-state index contributed by atoms with van der Waals surface area (Å²) < 4.78 is 0. The maximum absolute atomic E-state index is 11.0. The van der Waals surface area contributed by atoms with Crippen molar-refractivity contribution in [3.05, 3.63) is 40.9 Å². The Hall–Kier alpha value is -1.93. The minimum absolute atomic E-state index is 0.0589. The summed E-state index contributed by atoms with van der Waals surface area (Å²) in [5, 5.41) is 12.3. The molecule has 0 saturated carbocycles. The molecule has 16 heavy (non-hydrogen) atoms. The summed E-state index contributed by atoms with van der Waals surface area (Å²) in [6.45, 7) is 0. The van der Waals surface area contributed by atoms with Gasteiger partial charge >= 0.3 is 0 Å². The molecule has 0 aliphatic heterocycles. The van der Waals surface area contributed by atoms with Gasteiger partial charge in [0.05, 0.1) is 5.03 Å². The zero-order valence-electron chi connectivity index (χ0n) is 8.73. The van der Waals surface area contributed by atoms with E-state index in [4.69, 9.17) is 11.0 Å². The fourth-order valence-electron chi connectivity index (χ4n) is 1.09. The first-order valence-corrected chi connectivity index (χ1v) is 5.71. The molecule has 0 atom stereocenters. The summed E-state index contributed by atoms with van der Waals surface area (Å²) in [7, 11) is 0. The zero-order chi connectivity index (χ0) is 12.0. The number of carbonyl (C=O) groups is 1. The first-order chi connectivity index (χ1) is 7.69. The average Bonchev–Trinajstić information content (AvgIpc) is 2.29. The van der Waals surface area contributed by atoms with Crippen LogP contribution in [0.1, 0.15) is 0 Å². The highest BCUT2D eigenvalue weighted by molar-refractivity contribution is 8.02. The Labute approximate surface area is 98.1 Å². The average molecular weight is 233 g/mol. The van der Waals surface area contributed by atoms with Gasteiger partial charge in [0, 0.05) is 5.69 Å². The predicted molar refractivity (Wildman–Crippen MR) is 65.4 cm³/mol. The molecule has 1 amide bonds. The van der Waals surface area contributed by atoms with E-state index in [2.05, 4.69) is 5.32 Å². The van der Waals surface area contributed by atoms with Gasteiger partial charge in [-0.15, -0.1) is 11.8 Å². The first kappa shape index (κ1) is 12.1. The first-order valence-electron chi connectivity index (χ1n) is 4.49. The van der Waals surface area contributed by atoms with Crippen LogP contribution in [0.15, 0.2) is 40.9 Å². The fourth-order valence-corrected chi connectivity index (χ4v) is 1.66. The second kappa shape index (κ2) is 5.83. The van der Waals surface area contributed by atoms with Gasteiger partial charge in [0.2, 0.25) is 0 Å². The van der Waals surface area contributed by atoms with Crippen LogP contribution in [0.3, 0.4) is 0 Å². The van der Waals surface area contributed by atoms with Crippen molar-refractivity contribution >= 4 is 23.4 Å². The van der Waals surface area contributed by atoms with Crippen LogP contribution in [0.25, 0.3) is 0 Å². The van der Waals surface area contributed by atoms with Gasteiger partial charge in [-0.1, -0.05) is 18.2 Å². The minimum atomic E-state index is -0.727. The predicted octanol–water partition coefficient (Wildman–Crippen LogP) is 1.68. The number of hydrogen-bond donors (Lipinski definition) is 2. The van der Waals surface area contributed by atoms with E-state index in [1.165, 1.54) is 11.8 Å². The van der Waals surface area contributed by atoms with Crippen LogP contribution in [0.4, 0.5) is 5.69 Å². The van der Waals surface area contributed by atoms with Gasteiger partial charge in [0.25, 0.3) is 5.91 Å². The second-order valence-electron chi connectivity index (χ2n) is 2.88.